The van der Waals surface area contributed by atoms with Gasteiger partial charge in [0.25, 0.3) is 0 Å². The lowest BCUT2D eigenvalue weighted by Crippen LogP contribution is -2.37. The summed E-state index contributed by atoms with van der Waals surface area (Å²) in [7, 11) is -3.59. The van der Waals surface area contributed by atoms with Gasteiger partial charge in [-0.05, 0) is 50.7 Å². The van der Waals surface area contributed by atoms with Gasteiger partial charge in [0.05, 0.1) is 6.26 Å². The highest BCUT2D eigenvalue weighted by Crippen LogP contribution is 2.37. The van der Waals surface area contributed by atoms with Crippen LogP contribution in [0.15, 0.2) is 44.7 Å². The summed E-state index contributed by atoms with van der Waals surface area (Å²) in [6.45, 7) is 1.62. The molecule has 0 radical (unpaired) electrons. The molecule has 3 heterocycles. The van der Waals surface area contributed by atoms with Gasteiger partial charge in [0, 0.05) is 17.8 Å². The molecule has 3 aromatic rings. The van der Waals surface area contributed by atoms with E-state index in [1.54, 1.807) is 19.4 Å². The van der Waals surface area contributed by atoms with E-state index in [1.807, 2.05) is 12.1 Å². The van der Waals surface area contributed by atoms with E-state index >= 15 is 0 Å². The number of furan rings is 1. The van der Waals surface area contributed by atoms with Gasteiger partial charge in [0.15, 0.2) is 5.58 Å². The molecule has 1 aliphatic rings. The molecular weight excluding hydrogens is 342 g/mol. The smallest absolute Gasteiger partial charge is 0.245 e. The van der Waals surface area contributed by atoms with Crippen LogP contribution < -0.4 is 4.72 Å². The van der Waals surface area contributed by atoms with Crippen LogP contribution in [0.3, 0.4) is 0 Å². The third-order valence-electron chi connectivity index (χ3n) is 4.84. The molecule has 0 spiro atoms. The molecule has 132 valence electrons. The van der Waals surface area contributed by atoms with Gasteiger partial charge in [-0.3, -0.25) is 4.98 Å². The second-order valence-corrected chi connectivity index (χ2v) is 8.16. The highest BCUT2D eigenvalue weighted by Gasteiger charge is 2.29. The number of nitrogens with zero attached hydrogens (tertiary/aromatic N) is 2. The summed E-state index contributed by atoms with van der Waals surface area (Å²) < 4.78 is 38.0. The fourth-order valence-electron chi connectivity index (χ4n) is 3.52. The fraction of sp³-hybridized carbons (Fsp3) is 0.412. The second kappa shape index (κ2) is 6.27. The van der Waals surface area contributed by atoms with E-state index in [0.29, 0.717) is 11.6 Å². The average Bonchev–Trinajstić information content (AvgIpc) is 3.22. The van der Waals surface area contributed by atoms with Gasteiger partial charge in [0.2, 0.25) is 10.0 Å². The fourth-order valence-corrected chi connectivity index (χ4v) is 4.92. The van der Waals surface area contributed by atoms with Crippen LogP contribution >= 0.6 is 0 Å². The number of hydrogen-bond donors (Lipinski definition) is 1. The summed E-state index contributed by atoms with van der Waals surface area (Å²) in [6, 6.07) is 3.68. The Hall–Kier alpha value is -2.19. The number of sulfonamides is 1. The van der Waals surface area contributed by atoms with E-state index < -0.39 is 10.0 Å². The maximum absolute atomic E-state index is 12.4. The number of fused-ring (bicyclic) bond motifs is 1. The zero-order valence-electron chi connectivity index (χ0n) is 13.8. The molecule has 1 fully saturated rings. The molecule has 8 heteroatoms. The van der Waals surface area contributed by atoms with Crippen molar-refractivity contribution >= 4 is 21.1 Å². The number of pyridine rings is 1. The number of rotatable bonds is 4. The summed E-state index contributed by atoms with van der Waals surface area (Å²) in [5.74, 6) is 0.342. The molecule has 0 aromatic carbocycles. The molecule has 1 saturated carbocycles. The van der Waals surface area contributed by atoms with Crippen LogP contribution in [0.1, 0.15) is 42.9 Å². The Morgan fingerprint density at radius 1 is 1.20 bits per heavy atom. The molecule has 4 rings (SSSR count). The normalized spacial score (nSPS) is 21.6. The van der Waals surface area contributed by atoms with Crippen molar-refractivity contribution in [2.24, 2.45) is 0 Å². The summed E-state index contributed by atoms with van der Waals surface area (Å²) >= 11 is 0. The second-order valence-electron chi connectivity index (χ2n) is 6.48. The Morgan fingerprint density at radius 3 is 2.72 bits per heavy atom. The Balaban J connectivity index is 1.44. The number of nitrogens with one attached hydrogen (secondary N) is 1. The molecule has 0 amide bonds. The van der Waals surface area contributed by atoms with Crippen LogP contribution in [0, 0.1) is 6.92 Å². The van der Waals surface area contributed by atoms with Crippen molar-refractivity contribution in [3.8, 4) is 0 Å². The Bertz CT molecular complexity index is 984. The van der Waals surface area contributed by atoms with Gasteiger partial charge in [0.1, 0.15) is 22.4 Å². The topological polar surface area (TPSA) is 98.2 Å². The van der Waals surface area contributed by atoms with Gasteiger partial charge in [-0.25, -0.2) is 13.1 Å². The predicted octanol–water partition coefficient (Wildman–Crippen LogP) is 3.13. The first-order valence-electron chi connectivity index (χ1n) is 8.30. The van der Waals surface area contributed by atoms with Crippen molar-refractivity contribution in [3.63, 3.8) is 0 Å². The molecule has 0 unspecified atom stereocenters. The van der Waals surface area contributed by atoms with E-state index in [0.717, 1.165) is 42.3 Å². The van der Waals surface area contributed by atoms with Crippen LogP contribution in [0.25, 0.3) is 11.1 Å². The van der Waals surface area contributed by atoms with E-state index in [1.165, 1.54) is 6.26 Å². The molecule has 1 N–H and O–H groups in total. The Kier molecular flexibility index (Phi) is 4.09. The van der Waals surface area contributed by atoms with Gasteiger partial charge < -0.3 is 8.94 Å². The molecule has 0 bridgehead atoms. The zero-order valence-corrected chi connectivity index (χ0v) is 14.6. The van der Waals surface area contributed by atoms with E-state index in [9.17, 15) is 8.42 Å². The third-order valence-corrected chi connectivity index (χ3v) is 6.46. The SMILES string of the molecule is Cc1nocc1S(=O)(=O)NC1CCC(c2coc3cccnc23)CC1. The first-order chi connectivity index (χ1) is 12.0. The van der Waals surface area contributed by atoms with E-state index in [4.69, 9.17) is 8.94 Å². The highest BCUT2D eigenvalue weighted by atomic mass is 32.2. The number of hydrogen-bond acceptors (Lipinski definition) is 6. The standard InChI is InChI=1S/C17H19N3O4S/c1-11-16(10-24-19-11)25(21,22)20-13-6-4-12(5-7-13)14-9-23-15-3-2-8-18-17(14)15/h2-3,8-10,12-13,20H,4-7H2,1H3. The van der Waals surface area contributed by atoms with Gasteiger partial charge in [-0.2, -0.15) is 0 Å². The van der Waals surface area contributed by atoms with Crippen LogP contribution in [0.5, 0.6) is 0 Å². The van der Waals surface area contributed by atoms with Crippen molar-refractivity contribution in [3.05, 3.63) is 42.1 Å². The van der Waals surface area contributed by atoms with Crippen molar-refractivity contribution in [2.45, 2.75) is 49.5 Å². The molecular formula is C17H19N3O4S. The third kappa shape index (κ3) is 3.07. The van der Waals surface area contributed by atoms with Gasteiger partial charge >= 0.3 is 0 Å². The molecule has 0 aliphatic heterocycles. The quantitative estimate of drug-likeness (QED) is 0.766. The summed E-state index contributed by atoms with van der Waals surface area (Å²) in [5, 5.41) is 3.64. The number of aryl methyl sites for hydroxylation is 1. The predicted molar refractivity (Wildman–Crippen MR) is 90.6 cm³/mol. The Labute approximate surface area is 145 Å². The lowest BCUT2D eigenvalue weighted by Gasteiger charge is -2.28. The van der Waals surface area contributed by atoms with E-state index in [2.05, 4.69) is 14.9 Å². The van der Waals surface area contributed by atoms with Crippen molar-refractivity contribution < 1.29 is 17.4 Å². The van der Waals surface area contributed by atoms with Crippen LogP contribution in [0.2, 0.25) is 0 Å². The van der Waals surface area contributed by atoms with Crippen molar-refractivity contribution in [1.29, 1.82) is 0 Å². The van der Waals surface area contributed by atoms with Gasteiger partial charge in [-0.15, -0.1) is 0 Å². The first kappa shape index (κ1) is 16.3. The largest absolute Gasteiger partial charge is 0.462 e. The maximum Gasteiger partial charge on any atom is 0.245 e. The molecule has 25 heavy (non-hydrogen) atoms. The highest BCUT2D eigenvalue weighted by molar-refractivity contribution is 7.89. The summed E-state index contributed by atoms with van der Waals surface area (Å²) in [6.07, 6.45) is 8.05. The summed E-state index contributed by atoms with van der Waals surface area (Å²) in [5.41, 5.74) is 3.19. The summed E-state index contributed by atoms with van der Waals surface area (Å²) in [4.78, 5) is 4.53. The van der Waals surface area contributed by atoms with Crippen molar-refractivity contribution in [2.75, 3.05) is 0 Å². The monoisotopic (exact) mass is 361 g/mol. The lowest BCUT2D eigenvalue weighted by atomic mass is 9.82. The maximum atomic E-state index is 12.4. The molecule has 3 aromatic heterocycles. The molecule has 0 atom stereocenters. The van der Waals surface area contributed by atoms with Gasteiger partial charge in [-0.1, -0.05) is 5.16 Å². The van der Waals surface area contributed by atoms with Crippen LogP contribution in [-0.2, 0) is 10.0 Å². The minimum atomic E-state index is -3.59. The van der Waals surface area contributed by atoms with Crippen LogP contribution in [-0.4, -0.2) is 24.6 Å². The molecule has 0 saturated heterocycles. The Morgan fingerprint density at radius 2 is 2.00 bits per heavy atom. The zero-order chi connectivity index (χ0) is 17.4. The van der Waals surface area contributed by atoms with Crippen molar-refractivity contribution in [1.82, 2.24) is 14.9 Å². The average molecular weight is 361 g/mol. The molecule has 7 nitrogen and oxygen atoms in total. The molecule has 1 aliphatic carbocycles. The van der Waals surface area contributed by atoms with E-state index in [-0.39, 0.29) is 10.9 Å². The minimum Gasteiger partial charge on any atom is -0.462 e. The lowest BCUT2D eigenvalue weighted by molar-refractivity contribution is 0.373. The first-order valence-corrected chi connectivity index (χ1v) is 9.78. The minimum absolute atomic E-state index is 0.0818. The van der Waals surface area contributed by atoms with Crippen LogP contribution in [0.4, 0.5) is 0 Å². The number of aromatic nitrogens is 2.